The van der Waals surface area contributed by atoms with Crippen LogP contribution in [0.3, 0.4) is 0 Å². The van der Waals surface area contributed by atoms with E-state index in [9.17, 15) is 19.1 Å². The first kappa shape index (κ1) is 13.1. The minimum absolute atomic E-state index is 0.0668. The lowest BCUT2D eigenvalue weighted by molar-refractivity contribution is -0.254. The summed E-state index contributed by atoms with van der Waals surface area (Å²) in [6.07, 6.45) is 0. The number of aromatic amines is 1. The molecular weight excluding hydrogens is 273 g/mol. The molecule has 0 aliphatic carbocycles. The van der Waals surface area contributed by atoms with Crippen molar-refractivity contribution in [3.05, 3.63) is 71.2 Å². The Morgan fingerprint density at radius 1 is 1.00 bits per heavy atom. The molecule has 5 heteroatoms. The van der Waals surface area contributed by atoms with Crippen molar-refractivity contribution in [2.24, 2.45) is 0 Å². The van der Waals surface area contributed by atoms with Crippen LogP contribution in [-0.4, -0.2) is 16.7 Å². The van der Waals surface area contributed by atoms with Crippen molar-refractivity contribution >= 4 is 22.7 Å². The molecule has 0 aliphatic heterocycles. The number of benzene rings is 2. The minimum Gasteiger partial charge on any atom is -0.545 e. The van der Waals surface area contributed by atoms with E-state index >= 15 is 0 Å². The van der Waals surface area contributed by atoms with Crippen molar-refractivity contribution in [1.29, 1.82) is 0 Å². The summed E-state index contributed by atoms with van der Waals surface area (Å²) in [6, 6.07) is 11.6. The van der Waals surface area contributed by atoms with E-state index in [4.69, 9.17) is 0 Å². The molecule has 2 aromatic carbocycles. The molecule has 0 saturated carbocycles. The van der Waals surface area contributed by atoms with Gasteiger partial charge in [-0.05, 0) is 30.3 Å². The fraction of sp³-hybridized carbons (Fsp3) is 0. The predicted molar refractivity (Wildman–Crippen MR) is 72.5 cm³/mol. The number of carbonyl (C=O) groups excluding carboxylic acids is 2. The molecule has 0 saturated heterocycles. The van der Waals surface area contributed by atoms with Gasteiger partial charge in [-0.3, -0.25) is 4.79 Å². The van der Waals surface area contributed by atoms with Gasteiger partial charge in [0.1, 0.15) is 5.82 Å². The van der Waals surface area contributed by atoms with E-state index in [-0.39, 0.29) is 16.8 Å². The highest BCUT2D eigenvalue weighted by Crippen LogP contribution is 2.24. The Morgan fingerprint density at radius 3 is 2.33 bits per heavy atom. The largest absolute Gasteiger partial charge is 0.545 e. The van der Waals surface area contributed by atoms with Crippen molar-refractivity contribution in [2.75, 3.05) is 0 Å². The number of hydrogen-bond acceptors (Lipinski definition) is 3. The Balaban J connectivity index is 2.19. The van der Waals surface area contributed by atoms with Crippen LogP contribution in [0.2, 0.25) is 0 Å². The third-order valence-electron chi connectivity index (χ3n) is 3.24. The van der Waals surface area contributed by atoms with E-state index < -0.39 is 17.6 Å². The summed E-state index contributed by atoms with van der Waals surface area (Å²) in [4.78, 5) is 26.5. The zero-order valence-corrected chi connectivity index (χ0v) is 10.7. The summed E-state index contributed by atoms with van der Waals surface area (Å²) < 4.78 is 12.9. The molecule has 1 aromatic heterocycles. The summed E-state index contributed by atoms with van der Waals surface area (Å²) in [5.74, 6) is -2.42. The van der Waals surface area contributed by atoms with Crippen molar-refractivity contribution in [3.8, 4) is 0 Å². The van der Waals surface area contributed by atoms with Gasteiger partial charge >= 0.3 is 0 Å². The highest BCUT2D eigenvalue weighted by atomic mass is 19.1. The van der Waals surface area contributed by atoms with Crippen LogP contribution in [-0.2, 0) is 0 Å². The minimum atomic E-state index is -1.43. The Kier molecular flexibility index (Phi) is 3.02. The second-order valence-electron chi connectivity index (χ2n) is 4.54. The molecule has 0 fully saturated rings. The van der Waals surface area contributed by atoms with E-state index in [0.29, 0.717) is 10.9 Å². The molecular formula is C16H9FNO3-. The van der Waals surface area contributed by atoms with Crippen LogP contribution in [0.5, 0.6) is 0 Å². The number of aromatic carboxylic acids is 1. The number of para-hydroxylation sites is 1. The lowest BCUT2D eigenvalue weighted by Crippen LogP contribution is -2.24. The molecule has 0 amide bonds. The van der Waals surface area contributed by atoms with Crippen LogP contribution in [0.25, 0.3) is 10.9 Å². The van der Waals surface area contributed by atoms with Crippen LogP contribution in [0.4, 0.5) is 4.39 Å². The predicted octanol–water partition coefficient (Wildman–Crippen LogP) is 1.90. The fourth-order valence-electron chi connectivity index (χ4n) is 2.27. The number of rotatable bonds is 3. The molecule has 1 N–H and O–H groups in total. The van der Waals surface area contributed by atoms with E-state index in [1.807, 2.05) is 0 Å². The first-order valence-electron chi connectivity index (χ1n) is 6.20. The normalized spacial score (nSPS) is 10.7. The van der Waals surface area contributed by atoms with E-state index in [1.54, 1.807) is 24.3 Å². The van der Waals surface area contributed by atoms with Crippen LogP contribution >= 0.6 is 0 Å². The molecule has 0 aliphatic rings. The number of aromatic nitrogens is 1. The van der Waals surface area contributed by atoms with Gasteiger partial charge in [-0.2, -0.15) is 0 Å². The zero-order valence-electron chi connectivity index (χ0n) is 10.7. The maximum absolute atomic E-state index is 12.9. The van der Waals surface area contributed by atoms with Crippen molar-refractivity contribution in [3.63, 3.8) is 0 Å². The Labute approximate surface area is 118 Å². The molecule has 21 heavy (non-hydrogen) atoms. The first-order valence-corrected chi connectivity index (χ1v) is 6.20. The summed E-state index contributed by atoms with van der Waals surface area (Å²) in [6.45, 7) is 0. The smallest absolute Gasteiger partial charge is 0.209 e. The topological polar surface area (TPSA) is 73.0 Å². The molecule has 3 aromatic rings. The van der Waals surface area contributed by atoms with Gasteiger partial charge in [0.25, 0.3) is 0 Å². The lowest BCUT2D eigenvalue weighted by Gasteiger charge is -2.05. The van der Waals surface area contributed by atoms with Crippen molar-refractivity contribution in [2.45, 2.75) is 0 Å². The van der Waals surface area contributed by atoms with E-state index in [0.717, 1.165) is 12.1 Å². The third kappa shape index (κ3) is 2.18. The number of carboxylic acid groups (broad SMARTS) is 1. The number of carbonyl (C=O) groups is 2. The highest BCUT2D eigenvalue weighted by Gasteiger charge is 2.19. The summed E-state index contributed by atoms with van der Waals surface area (Å²) in [5.41, 5.74) is 0.482. The van der Waals surface area contributed by atoms with Crippen LogP contribution in [0.15, 0.2) is 48.5 Å². The van der Waals surface area contributed by atoms with E-state index in [1.165, 1.54) is 12.1 Å². The quantitative estimate of drug-likeness (QED) is 0.746. The zero-order chi connectivity index (χ0) is 15.0. The standard InChI is InChI=1S/C16H10FNO3/c17-10-7-5-9(6-8-10)15(19)14-13(16(20)21)11-3-1-2-4-12(11)18-14/h1-8,18H,(H,20,21)/p-1. The number of fused-ring (bicyclic) bond motifs is 1. The van der Waals surface area contributed by atoms with Crippen LogP contribution in [0.1, 0.15) is 26.4 Å². The highest BCUT2D eigenvalue weighted by molar-refractivity contribution is 6.18. The molecule has 4 nitrogen and oxygen atoms in total. The Hall–Kier alpha value is -2.95. The molecule has 0 spiro atoms. The molecule has 0 bridgehead atoms. The number of hydrogen-bond donors (Lipinski definition) is 1. The summed E-state index contributed by atoms with van der Waals surface area (Å²) in [7, 11) is 0. The van der Waals surface area contributed by atoms with Gasteiger partial charge in [0.15, 0.2) is 0 Å². The van der Waals surface area contributed by atoms with Gasteiger partial charge in [-0.25, -0.2) is 4.39 Å². The number of carboxylic acids is 1. The van der Waals surface area contributed by atoms with Gasteiger partial charge in [0.2, 0.25) is 5.78 Å². The fourth-order valence-corrected chi connectivity index (χ4v) is 2.27. The Bertz CT molecular complexity index is 850. The number of nitrogens with one attached hydrogen (secondary N) is 1. The summed E-state index contributed by atoms with van der Waals surface area (Å²) >= 11 is 0. The van der Waals surface area contributed by atoms with Gasteiger partial charge < -0.3 is 14.9 Å². The van der Waals surface area contributed by atoms with Crippen molar-refractivity contribution in [1.82, 2.24) is 4.98 Å². The first-order chi connectivity index (χ1) is 10.1. The SMILES string of the molecule is O=C(c1ccc(F)cc1)c1[nH]c2ccccc2c1C(=O)[O-]. The Morgan fingerprint density at radius 2 is 1.67 bits per heavy atom. The summed E-state index contributed by atoms with van der Waals surface area (Å²) in [5, 5.41) is 11.7. The average Bonchev–Trinajstić information content (AvgIpc) is 2.86. The maximum atomic E-state index is 12.9. The second-order valence-corrected chi connectivity index (χ2v) is 4.54. The maximum Gasteiger partial charge on any atom is 0.209 e. The number of ketones is 1. The van der Waals surface area contributed by atoms with Crippen molar-refractivity contribution < 1.29 is 19.1 Å². The molecule has 0 unspecified atom stereocenters. The molecule has 0 atom stereocenters. The van der Waals surface area contributed by atoms with Gasteiger partial charge in [-0.1, -0.05) is 18.2 Å². The molecule has 1 heterocycles. The third-order valence-corrected chi connectivity index (χ3v) is 3.24. The lowest BCUT2D eigenvalue weighted by atomic mass is 10.0. The van der Waals surface area contributed by atoms with Crippen LogP contribution < -0.4 is 5.11 Å². The van der Waals surface area contributed by atoms with Gasteiger partial charge in [0, 0.05) is 22.0 Å². The molecule has 0 radical (unpaired) electrons. The van der Waals surface area contributed by atoms with E-state index in [2.05, 4.69) is 4.98 Å². The van der Waals surface area contributed by atoms with Crippen LogP contribution in [0, 0.1) is 5.82 Å². The second kappa shape index (κ2) is 4.86. The molecule has 104 valence electrons. The number of halogens is 1. The van der Waals surface area contributed by atoms with Gasteiger partial charge in [0.05, 0.1) is 11.7 Å². The number of H-pyrrole nitrogens is 1. The van der Waals surface area contributed by atoms with Gasteiger partial charge in [-0.15, -0.1) is 0 Å². The molecule has 3 rings (SSSR count). The monoisotopic (exact) mass is 282 g/mol. The average molecular weight is 282 g/mol.